The Kier molecular flexibility index (Phi) is 24.3. The molecule has 0 aliphatic rings. The van der Waals surface area contributed by atoms with Crippen molar-refractivity contribution in [1.82, 2.24) is 0 Å². The Hall–Kier alpha value is -12.6. The Morgan fingerprint density at radius 2 is 0.394 bits per heavy atom. The topological polar surface area (TPSA) is 6.48 Å². The van der Waals surface area contributed by atoms with E-state index in [1.54, 1.807) is 0 Å². The van der Waals surface area contributed by atoms with E-state index in [4.69, 9.17) is 0 Å². The van der Waals surface area contributed by atoms with E-state index in [0.29, 0.717) is 0 Å². The first kappa shape index (κ1) is 69.8. The molecular formula is C102H88N2. The fourth-order valence-corrected chi connectivity index (χ4v) is 12.8. The fourth-order valence-electron chi connectivity index (χ4n) is 12.8. The summed E-state index contributed by atoms with van der Waals surface area (Å²) < 4.78 is 0. The van der Waals surface area contributed by atoms with E-state index < -0.39 is 0 Å². The highest BCUT2D eigenvalue weighted by atomic mass is 15.1. The van der Waals surface area contributed by atoms with Gasteiger partial charge in [0.15, 0.2) is 0 Å². The molecule has 0 spiro atoms. The summed E-state index contributed by atoms with van der Waals surface area (Å²) in [5, 5.41) is 0. The van der Waals surface area contributed by atoms with Gasteiger partial charge in [-0.2, -0.15) is 0 Å². The van der Waals surface area contributed by atoms with Gasteiger partial charge < -0.3 is 9.80 Å². The van der Waals surface area contributed by atoms with Gasteiger partial charge in [0.1, 0.15) is 0 Å². The number of hydrogen-bond donors (Lipinski definition) is 0. The van der Waals surface area contributed by atoms with Gasteiger partial charge in [0.05, 0.1) is 0 Å². The highest BCUT2D eigenvalue weighted by molar-refractivity contribution is 5.85. The van der Waals surface area contributed by atoms with Gasteiger partial charge in [-0.1, -0.05) is 379 Å². The standard InChI is InChI=1S/C102H88N2/c1-3-5-21-79-55-67-95(68-56-79)103(97-71-59-87(60-72-97)51-47-83-39-35-81(36-40-83)23-19-33-101(91-25-11-7-12-26-91)92-27-13-8-14-28-92)99-75-63-89(64-76-99)53-49-85-43-45-86(46-44-85)50-54-90-65-77-100(78-66-90)104(96-69-57-80(58-70-96)22-6-4-2)98-73-61-88(62-74-98)52-48-84-41-37-82(38-42-84)24-20-34-102(93-29-15-9-16-30-93)94-31-17-10-18-32-94/h7-20,23-78H,3-6,21-22H2,1-2H3/b23-19+,24-20+,51-47+,52-48+,53-49+,54-50+. The summed E-state index contributed by atoms with van der Waals surface area (Å²) >= 11 is 0. The van der Waals surface area contributed by atoms with Crippen molar-refractivity contribution in [2.75, 3.05) is 9.80 Å². The summed E-state index contributed by atoms with van der Waals surface area (Å²) in [6.07, 6.45) is 37.5. The third kappa shape index (κ3) is 19.5. The van der Waals surface area contributed by atoms with E-state index in [9.17, 15) is 0 Å². The number of anilines is 6. The predicted molar refractivity (Wildman–Crippen MR) is 453 cm³/mol. The van der Waals surface area contributed by atoms with Gasteiger partial charge >= 0.3 is 0 Å². The van der Waals surface area contributed by atoms with Crippen molar-refractivity contribution >= 4 is 106 Å². The normalized spacial score (nSPS) is 11.6. The molecule has 0 saturated heterocycles. The SMILES string of the molecule is CCCCc1ccc(N(c2ccc(/C=C/c3ccc(/C=C/C=C(c4ccccc4)c4ccccc4)cc3)cc2)c2ccc(/C=C/c3ccc(/C=C/c4ccc(N(c5ccc(/C=C/c6ccc(/C=C/C=C(c7ccccc7)c7ccccc7)cc6)cc5)c5ccc(CCCC)cc5)cc4)cc3)cc2)cc1. The lowest BCUT2D eigenvalue weighted by Gasteiger charge is -2.26. The van der Waals surface area contributed by atoms with Crippen molar-refractivity contribution in [2.24, 2.45) is 0 Å². The van der Waals surface area contributed by atoms with Crippen LogP contribution in [-0.4, -0.2) is 0 Å². The molecule has 13 aromatic rings. The first-order valence-corrected chi connectivity index (χ1v) is 36.6. The molecule has 0 unspecified atom stereocenters. The zero-order valence-electron chi connectivity index (χ0n) is 59.6. The number of allylic oxidation sites excluding steroid dienone is 4. The first-order valence-electron chi connectivity index (χ1n) is 36.6. The minimum absolute atomic E-state index is 1.09. The summed E-state index contributed by atoms with van der Waals surface area (Å²) in [6, 6.07) is 122. The zero-order chi connectivity index (χ0) is 70.8. The smallest absolute Gasteiger partial charge is 0.0462 e. The lowest BCUT2D eigenvalue weighted by atomic mass is 9.97. The first-order chi connectivity index (χ1) is 51.4. The number of nitrogens with zero attached hydrogens (tertiary/aromatic N) is 2. The Balaban J connectivity index is 0.639. The summed E-state index contributed by atoms with van der Waals surface area (Å²) in [5.74, 6) is 0. The van der Waals surface area contributed by atoms with E-state index >= 15 is 0 Å². The van der Waals surface area contributed by atoms with Crippen LogP contribution in [-0.2, 0) is 12.8 Å². The quantitative estimate of drug-likeness (QED) is 0.0356. The number of rotatable bonds is 28. The molecule has 104 heavy (non-hydrogen) atoms. The Morgan fingerprint density at radius 3 is 0.596 bits per heavy atom. The molecule has 0 radical (unpaired) electrons. The van der Waals surface area contributed by atoms with Gasteiger partial charge in [-0.05, 0) is 199 Å². The zero-order valence-corrected chi connectivity index (χ0v) is 59.6. The van der Waals surface area contributed by atoms with Crippen LogP contribution in [0.2, 0.25) is 0 Å². The number of hydrogen-bond acceptors (Lipinski definition) is 2. The summed E-state index contributed by atoms with van der Waals surface area (Å²) in [5.41, 5.74) is 28.1. The third-order valence-electron chi connectivity index (χ3n) is 18.8. The molecule has 2 nitrogen and oxygen atoms in total. The average molecular weight is 1340 g/mol. The minimum Gasteiger partial charge on any atom is -0.311 e. The van der Waals surface area contributed by atoms with E-state index in [1.165, 1.54) is 70.2 Å². The van der Waals surface area contributed by atoms with Gasteiger partial charge in [-0.3, -0.25) is 0 Å². The Labute approximate surface area is 617 Å². The highest BCUT2D eigenvalue weighted by Gasteiger charge is 2.16. The van der Waals surface area contributed by atoms with Crippen molar-refractivity contribution in [2.45, 2.75) is 52.4 Å². The molecule has 0 heterocycles. The molecule has 506 valence electrons. The van der Waals surface area contributed by atoms with Crippen LogP contribution in [0.15, 0.2) is 364 Å². The molecule has 0 aliphatic heterocycles. The van der Waals surface area contributed by atoms with Crippen molar-refractivity contribution in [3.8, 4) is 0 Å². The molecule has 0 amide bonds. The molecule has 0 bridgehead atoms. The van der Waals surface area contributed by atoms with E-state index in [-0.39, 0.29) is 0 Å². The number of aryl methyl sites for hydroxylation is 2. The minimum atomic E-state index is 1.09. The van der Waals surface area contributed by atoms with Gasteiger partial charge in [0.25, 0.3) is 0 Å². The van der Waals surface area contributed by atoms with Crippen LogP contribution in [0.3, 0.4) is 0 Å². The number of unbranched alkanes of at least 4 members (excludes halogenated alkanes) is 2. The molecule has 0 aromatic heterocycles. The molecule has 0 N–H and O–H groups in total. The second-order valence-corrected chi connectivity index (χ2v) is 26.3. The second-order valence-electron chi connectivity index (χ2n) is 26.3. The van der Waals surface area contributed by atoms with Crippen molar-refractivity contribution < 1.29 is 0 Å². The molecular weight excluding hydrogens is 1250 g/mol. The maximum absolute atomic E-state index is 2.35. The van der Waals surface area contributed by atoms with E-state index in [0.717, 1.165) is 103 Å². The Bertz CT molecular complexity index is 4650. The van der Waals surface area contributed by atoms with Crippen LogP contribution in [0.1, 0.15) is 129 Å². The van der Waals surface area contributed by atoms with Gasteiger partial charge in [-0.25, -0.2) is 0 Å². The van der Waals surface area contributed by atoms with Crippen LogP contribution in [0.5, 0.6) is 0 Å². The molecule has 0 saturated carbocycles. The van der Waals surface area contributed by atoms with Crippen LogP contribution < -0.4 is 9.80 Å². The highest BCUT2D eigenvalue weighted by Crippen LogP contribution is 2.38. The van der Waals surface area contributed by atoms with E-state index in [1.807, 2.05) is 0 Å². The lowest BCUT2D eigenvalue weighted by Crippen LogP contribution is -2.10. The number of benzene rings is 13. The van der Waals surface area contributed by atoms with Crippen molar-refractivity contribution in [3.05, 3.63) is 453 Å². The third-order valence-corrected chi connectivity index (χ3v) is 18.8. The van der Waals surface area contributed by atoms with Gasteiger partial charge in [0.2, 0.25) is 0 Å². The lowest BCUT2D eigenvalue weighted by molar-refractivity contribution is 0.795. The van der Waals surface area contributed by atoms with Crippen LogP contribution >= 0.6 is 0 Å². The molecule has 2 heteroatoms. The summed E-state index contributed by atoms with van der Waals surface area (Å²) in [6.45, 7) is 4.51. The molecule has 0 fully saturated rings. The Morgan fingerprint density at radius 1 is 0.212 bits per heavy atom. The molecule has 0 aliphatic carbocycles. The van der Waals surface area contributed by atoms with Crippen LogP contribution in [0.4, 0.5) is 34.1 Å². The van der Waals surface area contributed by atoms with Crippen LogP contribution in [0.25, 0.3) is 71.9 Å². The second kappa shape index (κ2) is 36.1. The monoisotopic (exact) mass is 1340 g/mol. The average Bonchev–Trinajstić information content (AvgIpc) is 0.807. The summed E-state index contributed by atoms with van der Waals surface area (Å²) in [7, 11) is 0. The summed E-state index contributed by atoms with van der Waals surface area (Å²) in [4.78, 5) is 4.71. The maximum atomic E-state index is 2.35. The molecule has 13 aromatic carbocycles. The van der Waals surface area contributed by atoms with Gasteiger partial charge in [-0.15, -0.1) is 0 Å². The van der Waals surface area contributed by atoms with E-state index in [2.05, 4.69) is 448 Å². The van der Waals surface area contributed by atoms with Gasteiger partial charge in [0, 0.05) is 34.1 Å². The fraction of sp³-hybridized carbons (Fsp3) is 0.0784. The molecule has 13 rings (SSSR count). The maximum Gasteiger partial charge on any atom is 0.0462 e. The largest absolute Gasteiger partial charge is 0.311 e. The van der Waals surface area contributed by atoms with Crippen molar-refractivity contribution in [3.63, 3.8) is 0 Å². The molecule has 0 atom stereocenters. The predicted octanol–water partition coefficient (Wildman–Crippen LogP) is 28.3. The van der Waals surface area contributed by atoms with Crippen LogP contribution in [0, 0.1) is 0 Å². The van der Waals surface area contributed by atoms with Crippen molar-refractivity contribution in [1.29, 1.82) is 0 Å².